The number of ether oxygens (including phenoxy) is 1. The molecule has 2 N–H and O–H groups in total. The first kappa shape index (κ1) is 12.2. The van der Waals surface area contributed by atoms with Crippen LogP contribution in [0.1, 0.15) is 55.2 Å². The fraction of sp³-hybridized carbons (Fsp3) is 0.625. The Kier molecular flexibility index (Phi) is 3.67. The average molecular weight is 245 g/mol. The molecular formula is C16H23NO. The molecule has 2 fully saturated rings. The standard InChI is InChI=1S/C16H23NO/c17-16(15-8-3-9-18-11-15)14-7-2-6-13(10-14)12-4-1-5-12/h2,6-7,10,12,15-16H,1,3-5,8-9,11,17H2. The lowest BCUT2D eigenvalue weighted by molar-refractivity contribution is 0.0447. The van der Waals surface area contributed by atoms with E-state index in [0.29, 0.717) is 5.92 Å². The summed E-state index contributed by atoms with van der Waals surface area (Å²) in [5.41, 5.74) is 9.21. The summed E-state index contributed by atoms with van der Waals surface area (Å²) >= 11 is 0. The van der Waals surface area contributed by atoms with Crippen LogP contribution in [-0.2, 0) is 4.74 Å². The van der Waals surface area contributed by atoms with Gasteiger partial charge in [0.1, 0.15) is 0 Å². The Balaban J connectivity index is 1.73. The third kappa shape index (κ3) is 2.45. The quantitative estimate of drug-likeness (QED) is 0.886. The van der Waals surface area contributed by atoms with Gasteiger partial charge in [-0.05, 0) is 42.7 Å². The summed E-state index contributed by atoms with van der Waals surface area (Å²) in [6.45, 7) is 1.74. The molecule has 0 amide bonds. The maximum Gasteiger partial charge on any atom is 0.0512 e. The van der Waals surface area contributed by atoms with Crippen molar-refractivity contribution < 1.29 is 4.74 Å². The fourth-order valence-corrected chi connectivity index (χ4v) is 3.08. The zero-order valence-electron chi connectivity index (χ0n) is 11.0. The third-order valence-corrected chi connectivity index (χ3v) is 4.58. The first-order chi connectivity index (χ1) is 8.84. The monoisotopic (exact) mass is 245 g/mol. The van der Waals surface area contributed by atoms with Crippen LogP contribution < -0.4 is 5.73 Å². The van der Waals surface area contributed by atoms with Crippen molar-refractivity contribution in [3.63, 3.8) is 0 Å². The zero-order chi connectivity index (χ0) is 12.4. The van der Waals surface area contributed by atoms with Gasteiger partial charge in [-0.2, -0.15) is 0 Å². The first-order valence-corrected chi connectivity index (χ1v) is 7.28. The molecule has 1 aromatic rings. The van der Waals surface area contributed by atoms with E-state index in [-0.39, 0.29) is 6.04 Å². The second-order valence-corrected chi connectivity index (χ2v) is 5.80. The molecule has 0 radical (unpaired) electrons. The Morgan fingerprint density at radius 3 is 2.72 bits per heavy atom. The molecule has 18 heavy (non-hydrogen) atoms. The predicted molar refractivity (Wildman–Crippen MR) is 73.5 cm³/mol. The molecule has 1 aromatic carbocycles. The molecule has 0 spiro atoms. The number of nitrogens with two attached hydrogens (primary N) is 1. The Morgan fingerprint density at radius 1 is 1.17 bits per heavy atom. The minimum atomic E-state index is 0.144. The van der Waals surface area contributed by atoms with Crippen molar-refractivity contribution in [3.8, 4) is 0 Å². The van der Waals surface area contributed by atoms with Crippen LogP contribution in [0.5, 0.6) is 0 Å². The van der Waals surface area contributed by atoms with Crippen molar-refractivity contribution in [1.29, 1.82) is 0 Å². The molecule has 1 saturated carbocycles. The van der Waals surface area contributed by atoms with Gasteiger partial charge in [-0.25, -0.2) is 0 Å². The highest BCUT2D eigenvalue weighted by Gasteiger charge is 2.24. The molecule has 2 heteroatoms. The summed E-state index contributed by atoms with van der Waals surface area (Å²) < 4.78 is 5.55. The zero-order valence-corrected chi connectivity index (χ0v) is 11.0. The lowest BCUT2D eigenvalue weighted by Crippen LogP contribution is -2.29. The van der Waals surface area contributed by atoms with Gasteiger partial charge < -0.3 is 10.5 Å². The van der Waals surface area contributed by atoms with Crippen molar-refractivity contribution in [2.45, 2.75) is 44.1 Å². The SMILES string of the molecule is NC(c1cccc(C2CCC2)c1)C1CCCOC1. The van der Waals surface area contributed by atoms with E-state index in [1.165, 1.54) is 36.8 Å². The molecule has 0 bridgehead atoms. The van der Waals surface area contributed by atoms with Crippen molar-refractivity contribution in [2.24, 2.45) is 11.7 Å². The normalized spacial score (nSPS) is 26.6. The van der Waals surface area contributed by atoms with Gasteiger partial charge >= 0.3 is 0 Å². The molecule has 2 nitrogen and oxygen atoms in total. The van der Waals surface area contributed by atoms with Gasteiger partial charge in [0.2, 0.25) is 0 Å². The van der Waals surface area contributed by atoms with Gasteiger partial charge in [0.25, 0.3) is 0 Å². The Morgan fingerprint density at radius 2 is 2.06 bits per heavy atom. The lowest BCUT2D eigenvalue weighted by atomic mass is 9.78. The summed E-state index contributed by atoms with van der Waals surface area (Å²) in [6, 6.07) is 9.10. The van der Waals surface area contributed by atoms with E-state index in [9.17, 15) is 0 Å². The van der Waals surface area contributed by atoms with Crippen molar-refractivity contribution in [1.82, 2.24) is 0 Å². The Bertz CT molecular complexity index is 394. The molecule has 2 atom stereocenters. The maximum absolute atomic E-state index is 6.42. The van der Waals surface area contributed by atoms with Crippen LogP contribution in [0.4, 0.5) is 0 Å². The molecule has 2 unspecified atom stereocenters. The molecule has 1 saturated heterocycles. The van der Waals surface area contributed by atoms with Crippen molar-refractivity contribution in [2.75, 3.05) is 13.2 Å². The second kappa shape index (κ2) is 5.41. The van der Waals surface area contributed by atoms with Crippen LogP contribution in [-0.4, -0.2) is 13.2 Å². The summed E-state index contributed by atoms with van der Waals surface area (Å²) in [6.07, 6.45) is 6.45. The van der Waals surface area contributed by atoms with Gasteiger partial charge in [-0.15, -0.1) is 0 Å². The van der Waals surface area contributed by atoms with Gasteiger partial charge in [-0.1, -0.05) is 30.7 Å². The molecule has 0 aromatic heterocycles. The summed E-state index contributed by atoms with van der Waals surface area (Å²) in [4.78, 5) is 0. The van der Waals surface area contributed by atoms with Crippen LogP contribution in [0.2, 0.25) is 0 Å². The number of hydrogen-bond donors (Lipinski definition) is 1. The lowest BCUT2D eigenvalue weighted by Gasteiger charge is -2.30. The second-order valence-electron chi connectivity index (χ2n) is 5.80. The minimum absolute atomic E-state index is 0.144. The topological polar surface area (TPSA) is 35.2 Å². The van der Waals surface area contributed by atoms with Gasteiger partial charge in [0, 0.05) is 18.6 Å². The molecule has 3 rings (SSSR count). The molecule has 1 heterocycles. The average Bonchev–Trinajstić information content (AvgIpc) is 2.37. The highest BCUT2D eigenvalue weighted by molar-refractivity contribution is 5.30. The van der Waals surface area contributed by atoms with Gasteiger partial charge in [0.15, 0.2) is 0 Å². The van der Waals surface area contributed by atoms with E-state index in [1.807, 2.05) is 0 Å². The molecule has 2 aliphatic rings. The van der Waals surface area contributed by atoms with E-state index >= 15 is 0 Å². The number of benzene rings is 1. The van der Waals surface area contributed by atoms with Crippen LogP contribution >= 0.6 is 0 Å². The Hall–Kier alpha value is -0.860. The van der Waals surface area contributed by atoms with Crippen LogP contribution in [0.3, 0.4) is 0 Å². The van der Waals surface area contributed by atoms with E-state index in [4.69, 9.17) is 10.5 Å². The maximum atomic E-state index is 6.42. The Labute approximate surface area is 110 Å². The van der Waals surface area contributed by atoms with E-state index < -0.39 is 0 Å². The third-order valence-electron chi connectivity index (χ3n) is 4.58. The highest BCUT2D eigenvalue weighted by atomic mass is 16.5. The molecule has 1 aliphatic heterocycles. The van der Waals surface area contributed by atoms with E-state index in [0.717, 1.165) is 25.6 Å². The predicted octanol–water partition coefficient (Wildman–Crippen LogP) is 3.38. The first-order valence-electron chi connectivity index (χ1n) is 7.28. The molecular weight excluding hydrogens is 222 g/mol. The van der Waals surface area contributed by atoms with Crippen LogP contribution in [0, 0.1) is 5.92 Å². The summed E-state index contributed by atoms with van der Waals surface area (Å²) in [7, 11) is 0. The minimum Gasteiger partial charge on any atom is -0.381 e. The molecule has 1 aliphatic carbocycles. The number of rotatable bonds is 3. The largest absolute Gasteiger partial charge is 0.381 e. The van der Waals surface area contributed by atoms with Crippen molar-refractivity contribution in [3.05, 3.63) is 35.4 Å². The van der Waals surface area contributed by atoms with Gasteiger partial charge in [0.05, 0.1) is 6.61 Å². The smallest absolute Gasteiger partial charge is 0.0512 e. The summed E-state index contributed by atoms with van der Waals surface area (Å²) in [5.74, 6) is 1.29. The highest BCUT2D eigenvalue weighted by Crippen LogP contribution is 2.37. The summed E-state index contributed by atoms with van der Waals surface area (Å²) in [5, 5.41) is 0. The van der Waals surface area contributed by atoms with Gasteiger partial charge in [-0.3, -0.25) is 0 Å². The van der Waals surface area contributed by atoms with Crippen LogP contribution in [0.15, 0.2) is 24.3 Å². The van der Waals surface area contributed by atoms with Crippen LogP contribution in [0.25, 0.3) is 0 Å². The molecule has 98 valence electrons. The van der Waals surface area contributed by atoms with Crippen molar-refractivity contribution >= 4 is 0 Å². The van der Waals surface area contributed by atoms with E-state index in [1.54, 1.807) is 0 Å². The number of hydrogen-bond acceptors (Lipinski definition) is 2. The van der Waals surface area contributed by atoms with E-state index in [2.05, 4.69) is 24.3 Å². The fourth-order valence-electron chi connectivity index (χ4n) is 3.08.